The number of ether oxygens (including phenoxy) is 1. The van der Waals surface area contributed by atoms with E-state index < -0.39 is 53.4 Å². The van der Waals surface area contributed by atoms with Gasteiger partial charge in [0, 0.05) is 19.5 Å². The number of nitrogens with one attached hydrogen (secondary N) is 3. The Balaban J connectivity index is 1.80. The van der Waals surface area contributed by atoms with Crippen molar-refractivity contribution >= 4 is 35.6 Å². The van der Waals surface area contributed by atoms with Gasteiger partial charge in [-0.25, -0.2) is 4.79 Å². The lowest BCUT2D eigenvalue weighted by Crippen LogP contribution is -2.59. The Morgan fingerprint density at radius 1 is 1.07 bits per heavy atom. The Labute approximate surface area is 260 Å². The van der Waals surface area contributed by atoms with Crippen molar-refractivity contribution in [1.82, 2.24) is 20.9 Å². The number of allylic oxidation sites excluding steroid dienone is 1. The Bertz CT molecular complexity index is 1120. The maximum atomic E-state index is 14.2. The van der Waals surface area contributed by atoms with E-state index in [0.717, 1.165) is 32.1 Å². The highest BCUT2D eigenvalue weighted by Gasteiger charge is 2.69. The molecule has 0 aromatic heterocycles. The van der Waals surface area contributed by atoms with E-state index in [-0.39, 0.29) is 54.9 Å². The molecule has 3 rings (SSSR count). The van der Waals surface area contributed by atoms with Crippen molar-refractivity contribution in [2.24, 2.45) is 23.2 Å². The predicted molar refractivity (Wildman–Crippen MR) is 162 cm³/mol. The van der Waals surface area contributed by atoms with Gasteiger partial charge in [-0.2, -0.15) is 0 Å². The van der Waals surface area contributed by atoms with Gasteiger partial charge in [0.05, 0.1) is 6.04 Å². The molecule has 1 saturated heterocycles. The first-order valence-electron chi connectivity index (χ1n) is 15.8. The van der Waals surface area contributed by atoms with Gasteiger partial charge in [-0.1, -0.05) is 39.2 Å². The van der Waals surface area contributed by atoms with Crippen molar-refractivity contribution in [2.45, 2.75) is 116 Å². The molecule has 3 fully saturated rings. The molecule has 12 heteroatoms. The molecule has 1 heterocycles. The van der Waals surface area contributed by atoms with Crippen LogP contribution in [0.5, 0.6) is 0 Å². The van der Waals surface area contributed by atoms with E-state index in [1.807, 2.05) is 13.8 Å². The highest BCUT2D eigenvalue weighted by atomic mass is 16.6. The third-order valence-electron chi connectivity index (χ3n) is 9.19. The topological polar surface area (TPSA) is 171 Å². The van der Waals surface area contributed by atoms with Crippen molar-refractivity contribution in [3.05, 3.63) is 12.7 Å². The number of amides is 4. The largest absolute Gasteiger partial charge is 0.481 e. The lowest BCUT2D eigenvalue weighted by molar-refractivity contribution is -0.145. The number of carboxylic acids is 1. The Morgan fingerprint density at radius 2 is 1.73 bits per heavy atom. The SMILES string of the molecule is C=CCCC(NC(=O)[C@@H]1[C@@H]2[C@H](CN1C(=O)[C@@H](NC(=O)OC(C)(C)C)C1CCCCC1)C2(C)C)C(=O)C(=O)NCCCC(=O)O. The standard InChI is InChI=1S/C32H50N4O8/c1-7-8-15-21(26(39)28(41)33-17-12-16-22(37)38)34-27(40)25-23-20(32(23,5)6)18-36(25)29(42)24(19-13-10-9-11-14-19)35-30(43)44-31(2,3)4/h7,19-21,23-25H,1,8-18H2,2-6H3,(H,33,41)(H,34,40)(H,35,43)(H,37,38)/t20-,21?,23-,24-,25-/m0/s1. The Kier molecular flexibility index (Phi) is 11.6. The van der Waals surface area contributed by atoms with Crippen LogP contribution in [0.25, 0.3) is 0 Å². The average Bonchev–Trinajstić information content (AvgIpc) is 3.27. The van der Waals surface area contributed by atoms with Crippen LogP contribution in [0.3, 0.4) is 0 Å². The minimum atomic E-state index is -1.15. The number of alkyl carbamates (subject to hydrolysis) is 1. The molecule has 44 heavy (non-hydrogen) atoms. The highest BCUT2D eigenvalue weighted by Crippen LogP contribution is 2.65. The molecule has 0 radical (unpaired) electrons. The molecule has 12 nitrogen and oxygen atoms in total. The van der Waals surface area contributed by atoms with Crippen LogP contribution in [0.1, 0.15) is 92.4 Å². The van der Waals surface area contributed by atoms with E-state index in [0.29, 0.717) is 13.0 Å². The van der Waals surface area contributed by atoms with Gasteiger partial charge in [0.15, 0.2) is 0 Å². The fourth-order valence-electron chi connectivity index (χ4n) is 6.77. The maximum absolute atomic E-state index is 14.2. The van der Waals surface area contributed by atoms with Crippen LogP contribution in [-0.4, -0.2) is 82.4 Å². The molecule has 246 valence electrons. The van der Waals surface area contributed by atoms with E-state index >= 15 is 0 Å². The monoisotopic (exact) mass is 618 g/mol. The molecule has 0 spiro atoms. The summed E-state index contributed by atoms with van der Waals surface area (Å²) in [6, 6.07) is -2.87. The van der Waals surface area contributed by atoms with Gasteiger partial charge in [0.2, 0.25) is 17.6 Å². The lowest BCUT2D eigenvalue weighted by atomic mass is 9.83. The van der Waals surface area contributed by atoms with Gasteiger partial charge in [-0.3, -0.25) is 24.0 Å². The van der Waals surface area contributed by atoms with E-state index in [4.69, 9.17) is 9.84 Å². The lowest BCUT2D eigenvalue weighted by Gasteiger charge is -2.37. The first-order chi connectivity index (χ1) is 20.6. The molecule has 0 bridgehead atoms. The van der Waals surface area contributed by atoms with Gasteiger partial charge >= 0.3 is 12.1 Å². The number of aliphatic carboxylic acids is 1. The van der Waals surface area contributed by atoms with Crippen molar-refractivity contribution in [2.75, 3.05) is 13.1 Å². The fraction of sp³-hybridized carbons (Fsp3) is 0.750. The summed E-state index contributed by atoms with van der Waals surface area (Å²) in [7, 11) is 0. The number of nitrogens with zero attached hydrogens (tertiary/aromatic N) is 1. The summed E-state index contributed by atoms with van der Waals surface area (Å²) < 4.78 is 5.48. The minimum Gasteiger partial charge on any atom is -0.481 e. The van der Waals surface area contributed by atoms with Crippen LogP contribution in [0.2, 0.25) is 0 Å². The quantitative estimate of drug-likeness (QED) is 0.131. The third-order valence-corrected chi connectivity index (χ3v) is 9.19. The number of ketones is 1. The van der Waals surface area contributed by atoms with Crippen LogP contribution < -0.4 is 16.0 Å². The fourth-order valence-corrected chi connectivity index (χ4v) is 6.77. The second-order valence-corrected chi connectivity index (χ2v) is 14.0. The molecule has 4 N–H and O–H groups in total. The number of carbonyl (C=O) groups excluding carboxylic acids is 5. The normalized spacial score (nSPS) is 23.8. The first kappa shape index (κ1) is 35.0. The zero-order valence-electron chi connectivity index (χ0n) is 26.8. The van der Waals surface area contributed by atoms with Crippen molar-refractivity contribution in [1.29, 1.82) is 0 Å². The van der Waals surface area contributed by atoms with Gasteiger partial charge in [-0.15, -0.1) is 6.58 Å². The van der Waals surface area contributed by atoms with Gasteiger partial charge in [-0.05, 0) is 76.0 Å². The number of fused-ring (bicyclic) bond motifs is 1. The van der Waals surface area contributed by atoms with Crippen LogP contribution in [0.4, 0.5) is 4.79 Å². The first-order valence-corrected chi connectivity index (χ1v) is 15.8. The number of carbonyl (C=O) groups is 6. The Hall–Kier alpha value is -3.44. The van der Waals surface area contributed by atoms with E-state index in [9.17, 15) is 28.8 Å². The van der Waals surface area contributed by atoms with E-state index in [1.54, 1.807) is 31.7 Å². The molecular formula is C32H50N4O8. The minimum absolute atomic E-state index is 0.00898. The maximum Gasteiger partial charge on any atom is 0.408 e. The second-order valence-electron chi connectivity index (χ2n) is 14.0. The average molecular weight is 619 g/mol. The smallest absolute Gasteiger partial charge is 0.408 e. The summed E-state index contributed by atoms with van der Waals surface area (Å²) in [6.45, 7) is 13.4. The van der Waals surface area contributed by atoms with Gasteiger partial charge < -0.3 is 30.7 Å². The molecule has 0 aromatic rings. The zero-order chi connectivity index (χ0) is 32.8. The Morgan fingerprint density at radius 3 is 2.32 bits per heavy atom. The molecule has 2 aliphatic carbocycles. The van der Waals surface area contributed by atoms with Gasteiger partial charge in [0.25, 0.3) is 5.91 Å². The molecule has 0 aromatic carbocycles. The molecule has 2 saturated carbocycles. The number of rotatable bonds is 14. The number of Topliss-reactive ketones (excluding diaryl/α,β-unsaturated/α-hetero) is 1. The van der Waals surface area contributed by atoms with Gasteiger partial charge in [0.1, 0.15) is 17.7 Å². The number of carboxylic acid groups (broad SMARTS) is 1. The number of likely N-dealkylation sites (tertiary alicyclic amines) is 1. The number of hydrogen-bond acceptors (Lipinski definition) is 7. The zero-order valence-corrected chi connectivity index (χ0v) is 26.8. The molecule has 1 aliphatic heterocycles. The highest BCUT2D eigenvalue weighted by molar-refractivity contribution is 6.38. The van der Waals surface area contributed by atoms with Crippen LogP contribution in [0, 0.1) is 23.2 Å². The summed E-state index contributed by atoms with van der Waals surface area (Å²) >= 11 is 0. The van der Waals surface area contributed by atoms with E-state index in [1.165, 1.54) is 0 Å². The summed E-state index contributed by atoms with van der Waals surface area (Å²) in [4.78, 5) is 79.0. The molecule has 4 amide bonds. The molecule has 3 aliphatic rings. The number of piperidine rings is 1. The third kappa shape index (κ3) is 8.81. The van der Waals surface area contributed by atoms with Crippen molar-refractivity contribution < 1.29 is 38.6 Å². The van der Waals surface area contributed by atoms with Crippen LogP contribution >= 0.6 is 0 Å². The summed E-state index contributed by atoms with van der Waals surface area (Å²) in [5.41, 5.74) is -0.943. The van der Waals surface area contributed by atoms with Crippen molar-refractivity contribution in [3.63, 3.8) is 0 Å². The van der Waals surface area contributed by atoms with Crippen molar-refractivity contribution in [3.8, 4) is 0 Å². The molecule has 1 unspecified atom stereocenters. The predicted octanol–water partition coefficient (Wildman–Crippen LogP) is 2.94. The molecular weight excluding hydrogens is 568 g/mol. The second kappa shape index (κ2) is 14.6. The number of hydrogen-bond donors (Lipinski definition) is 4. The summed E-state index contributed by atoms with van der Waals surface area (Å²) in [5.74, 6) is -3.77. The van der Waals surface area contributed by atoms with E-state index in [2.05, 4.69) is 22.5 Å². The summed E-state index contributed by atoms with van der Waals surface area (Å²) in [5, 5.41) is 16.8. The van der Waals surface area contributed by atoms with Crippen LogP contribution in [-0.2, 0) is 28.7 Å². The summed E-state index contributed by atoms with van der Waals surface area (Å²) in [6.07, 6.45) is 5.90. The van der Waals surface area contributed by atoms with Crippen LogP contribution in [0.15, 0.2) is 12.7 Å². The molecule has 5 atom stereocenters.